The number of hydrogen-bond donors (Lipinski definition) is 2. The molecule has 0 radical (unpaired) electrons. The van der Waals surface area contributed by atoms with Crippen LogP contribution >= 0.6 is 11.8 Å². The van der Waals surface area contributed by atoms with Gasteiger partial charge in [0.05, 0.1) is 0 Å². The predicted octanol–water partition coefficient (Wildman–Crippen LogP) is 2.11. The summed E-state index contributed by atoms with van der Waals surface area (Å²) in [4.78, 5) is 17.5. The number of hydrogen-bond acceptors (Lipinski definition) is 5. The highest BCUT2D eigenvalue weighted by Crippen LogP contribution is 2.21. The van der Waals surface area contributed by atoms with Gasteiger partial charge in [-0.25, -0.2) is 8.42 Å². The molecular formula is C19H26N4O3S2. The second kappa shape index (κ2) is 9.13. The lowest BCUT2D eigenvalue weighted by atomic mass is 10.1. The van der Waals surface area contributed by atoms with Gasteiger partial charge in [0.15, 0.2) is 0 Å². The molecule has 1 aliphatic heterocycles. The van der Waals surface area contributed by atoms with E-state index < -0.39 is 10.0 Å². The van der Waals surface area contributed by atoms with Gasteiger partial charge in [-0.2, -0.15) is 16.1 Å². The van der Waals surface area contributed by atoms with E-state index in [1.54, 1.807) is 11.8 Å². The summed E-state index contributed by atoms with van der Waals surface area (Å²) in [6, 6.07) is 9.08. The van der Waals surface area contributed by atoms with Crippen molar-refractivity contribution in [3.05, 3.63) is 47.8 Å². The van der Waals surface area contributed by atoms with Crippen molar-refractivity contribution in [2.45, 2.75) is 11.3 Å². The van der Waals surface area contributed by atoms with E-state index in [1.807, 2.05) is 38.4 Å². The van der Waals surface area contributed by atoms with Gasteiger partial charge in [0.25, 0.3) is 5.91 Å². The van der Waals surface area contributed by atoms with Crippen molar-refractivity contribution >= 4 is 33.4 Å². The molecule has 2 heterocycles. The number of rotatable bonds is 7. The van der Waals surface area contributed by atoms with E-state index in [9.17, 15) is 13.2 Å². The van der Waals surface area contributed by atoms with Gasteiger partial charge in [-0.1, -0.05) is 12.1 Å². The summed E-state index contributed by atoms with van der Waals surface area (Å²) in [6.07, 6.45) is 2.32. The summed E-state index contributed by atoms with van der Waals surface area (Å²) in [6.45, 7) is 1.96. The number of H-pyrrole nitrogens is 1. The monoisotopic (exact) mass is 422 g/mol. The number of carbonyl (C=O) groups is 1. The van der Waals surface area contributed by atoms with Crippen LogP contribution in [0, 0.1) is 0 Å². The molecule has 0 atom stereocenters. The maximum absolute atomic E-state index is 12.7. The Labute approximate surface area is 170 Å². The summed E-state index contributed by atoms with van der Waals surface area (Å²) in [7, 11) is 0.501. The van der Waals surface area contributed by atoms with Crippen LogP contribution in [0.25, 0.3) is 0 Å². The predicted molar refractivity (Wildman–Crippen MR) is 114 cm³/mol. The number of thioether (sulfide) groups is 1. The average Bonchev–Trinajstić information content (AvgIpc) is 3.19. The molecule has 3 rings (SSSR count). The number of benzene rings is 1. The molecular weight excluding hydrogens is 396 g/mol. The first-order valence-corrected chi connectivity index (χ1v) is 11.8. The summed E-state index contributed by atoms with van der Waals surface area (Å²) in [5, 5.41) is 2.80. The Morgan fingerprint density at radius 1 is 1.21 bits per heavy atom. The first-order valence-electron chi connectivity index (χ1n) is 9.17. The molecule has 1 aliphatic rings. The van der Waals surface area contributed by atoms with Gasteiger partial charge in [0, 0.05) is 43.0 Å². The van der Waals surface area contributed by atoms with Crippen molar-refractivity contribution in [3.63, 3.8) is 0 Å². The molecule has 1 saturated heterocycles. The number of likely N-dealkylation sites (N-methyl/N-ethyl adjacent to an activating group) is 1. The standard InChI is InChI=1S/C19H26N4O3S2/c1-22(2)8-7-15-3-5-16(6-4-15)21-19(24)18-13-17(14-20-18)28(25,26)23-9-11-27-12-10-23/h3-6,13-14,20H,7-12H2,1-2H3,(H,21,24). The average molecular weight is 423 g/mol. The van der Waals surface area contributed by atoms with Crippen LogP contribution in [0.15, 0.2) is 41.4 Å². The molecule has 1 aromatic carbocycles. The Morgan fingerprint density at radius 3 is 2.54 bits per heavy atom. The van der Waals surface area contributed by atoms with E-state index in [-0.39, 0.29) is 16.5 Å². The minimum Gasteiger partial charge on any atom is -0.356 e. The van der Waals surface area contributed by atoms with E-state index in [4.69, 9.17) is 0 Å². The molecule has 1 amide bonds. The highest BCUT2D eigenvalue weighted by Gasteiger charge is 2.27. The van der Waals surface area contributed by atoms with Gasteiger partial charge in [-0.15, -0.1) is 0 Å². The highest BCUT2D eigenvalue weighted by molar-refractivity contribution is 7.99. The topological polar surface area (TPSA) is 85.5 Å². The number of amides is 1. The minimum absolute atomic E-state index is 0.128. The van der Waals surface area contributed by atoms with Gasteiger partial charge in [-0.05, 0) is 44.3 Å². The van der Waals surface area contributed by atoms with Crippen LogP contribution in [0.3, 0.4) is 0 Å². The Morgan fingerprint density at radius 2 is 1.89 bits per heavy atom. The van der Waals surface area contributed by atoms with E-state index in [0.717, 1.165) is 24.5 Å². The first-order chi connectivity index (χ1) is 13.4. The number of sulfonamides is 1. The smallest absolute Gasteiger partial charge is 0.272 e. The van der Waals surface area contributed by atoms with Crippen LogP contribution in [-0.4, -0.2) is 73.7 Å². The van der Waals surface area contributed by atoms with Crippen LogP contribution < -0.4 is 5.32 Å². The Kier molecular flexibility index (Phi) is 6.82. The summed E-state index contributed by atoms with van der Waals surface area (Å²) < 4.78 is 26.9. The zero-order valence-corrected chi connectivity index (χ0v) is 17.8. The van der Waals surface area contributed by atoms with E-state index in [2.05, 4.69) is 15.2 Å². The van der Waals surface area contributed by atoms with E-state index in [0.29, 0.717) is 18.8 Å². The maximum atomic E-state index is 12.7. The van der Waals surface area contributed by atoms with E-state index in [1.165, 1.54) is 22.1 Å². The van der Waals surface area contributed by atoms with Crippen LogP contribution in [0.4, 0.5) is 5.69 Å². The van der Waals surface area contributed by atoms with Crippen molar-refractivity contribution in [2.75, 3.05) is 50.6 Å². The molecule has 9 heteroatoms. The van der Waals surface area contributed by atoms with Crippen LogP contribution in [0.5, 0.6) is 0 Å². The first kappa shape index (κ1) is 20.9. The van der Waals surface area contributed by atoms with Crippen molar-refractivity contribution in [3.8, 4) is 0 Å². The molecule has 7 nitrogen and oxygen atoms in total. The fourth-order valence-corrected chi connectivity index (χ4v) is 5.47. The second-order valence-electron chi connectivity index (χ2n) is 6.97. The highest BCUT2D eigenvalue weighted by atomic mass is 32.2. The molecule has 0 unspecified atom stereocenters. The largest absolute Gasteiger partial charge is 0.356 e. The second-order valence-corrected chi connectivity index (χ2v) is 10.1. The number of aromatic nitrogens is 1. The molecule has 1 aromatic heterocycles. The van der Waals surface area contributed by atoms with Gasteiger partial charge in [0.2, 0.25) is 10.0 Å². The van der Waals surface area contributed by atoms with Gasteiger partial charge in [-0.3, -0.25) is 4.79 Å². The number of carbonyl (C=O) groups excluding carboxylic acids is 1. The molecule has 2 N–H and O–H groups in total. The van der Waals surface area contributed by atoms with Crippen molar-refractivity contribution in [1.29, 1.82) is 0 Å². The number of nitrogens with zero attached hydrogens (tertiary/aromatic N) is 2. The lowest BCUT2D eigenvalue weighted by Crippen LogP contribution is -2.37. The SMILES string of the molecule is CN(C)CCc1ccc(NC(=O)c2cc(S(=O)(=O)N3CCSCC3)c[nH]2)cc1. The number of aromatic amines is 1. The molecule has 0 aliphatic carbocycles. The summed E-state index contributed by atoms with van der Waals surface area (Å²) in [5.41, 5.74) is 2.09. The quantitative estimate of drug-likeness (QED) is 0.714. The molecule has 2 aromatic rings. The minimum atomic E-state index is -3.56. The Balaban J connectivity index is 1.64. The fourth-order valence-electron chi connectivity index (χ4n) is 2.90. The number of anilines is 1. The third-order valence-electron chi connectivity index (χ3n) is 4.57. The Bertz CT molecular complexity index is 902. The zero-order chi connectivity index (χ0) is 20.1. The lowest BCUT2D eigenvalue weighted by molar-refractivity contribution is 0.102. The normalized spacial score (nSPS) is 15.7. The van der Waals surface area contributed by atoms with Crippen LogP contribution in [0.1, 0.15) is 16.1 Å². The van der Waals surface area contributed by atoms with Crippen molar-refractivity contribution < 1.29 is 13.2 Å². The Hall–Kier alpha value is -1.81. The third-order valence-corrected chi connectivity index (χ3v) is 7.39. The summed E-state index contributed by atoms with van der Waals surface area (Å²) >= 11 is 1.75. The van der Waals surface area contributed by atoms with Crippen LogP contribution in [-0.2, 0) is 16.4 Å². The van der Waals surface area contributed by atoms with Crippen LogP contribution in [0.2, 0.25) is 0 Å². The molecule has 0 saturated carbocycles. The fraction of sp³-hybridized carbons (Fsp3) is 0.421. The molecule has 0 bridgehead atoms. The molecule has 1 fully saturated rings. The third kappa shape index (κ3) is 5.16. The van der Waals surface area contributed by atoms with Gasteiger partial charge >= 0.3 is 0 Å². The maximum Gasteiger partial charge on any atom is 0.272 e. The zero-order valence-electron chi connectivity index (χ0n) is 16.1. The number of nitrogens with one attached hydrogen (secondary N) is 2. The molecule has 0 spiro atoms. The molecule has 152 valence electrons. The van der Waals surface area contributed by atoms with Gasteiger partial charge in [0.1, 0.15) is 10.6 Å². The lowest BCUT2D eigenvalue weighted by Gasteiger charge is -2.24. The van der Waals surface area contributed by atoms with Crippen molar-refractivity contribution in [1.82, 2.24) is 14.2 Å². The summed E-state index contributed by atoms with van der Waals surface area (Å²) in [5.74, 6) is 1.22. The van der Waals surface area contributed by atoms with E-state index >= 15 is 0 Å². The van der Waals surface area contributed by atoms with Gasteiger partial charge < -0.3 is 15.2 Å². The molecule has 28 heavy (non-hydrogen) atoms. The van der Waals surface area contributed by atoms with Crippen molar-refractivity contribution in [2.24, 2.45) is 0 Å².